The van der Waals surface area contributed by atoms with Crippen molar-refractivity contribution in [2.24, 2.45) is 0 Å². The topological polar surface area (TPSA) is 84.9 Å². The molecule has 0 aromatic heterocycles. The third kappa shape index (κ3) is 6.46. The largest absolute Gasteiger partial charge is 0.489 e. The molecule has 0 saturated carbocycles. The fraction of sp³-hybridized carbons (Fsp3) is 0.318. The van der Waals surface area contributed by atoms with Gasteiger partial charge >= 0.3 is 0 Å². The van der Waals surface area contributed by atoms with Crippen molar-refractivity contribution in [2.45, 2.75) is 24.8 Å². The summed E-state index contributed by atoms with van der Waals surface area (Å²) in [6.45, 7) is 4.92. The molecule has 1 aliphatic rings. The lowest BCUT2D eigenvalue weighted by Crippen LogP contribution is -2.40. The minimum absolute atomic E-state index is 0.0661. The fourth-order valence-corrected chi connectivity index (χ4v) is 5.06. The monoisotopic (exact) mass is 498 g/mol. The molecule has 0 radical (unpaired) electrons. The number of hydrogen-bond acceptors (Lipinski definition) is 5. The summed E-state index contributed by atoms with van der Waals surface area (Å²) in [7, 11) is -3.73. The van der Waals surface area contributed by atoms with Crippen LogP contribution in [-0.2, 0) is 19.6 Å². The van der Waals surface area contributed by atoms with E-state index in [1.165, 1.54) is 22.5 Å². The predicted molar refractivity (Wildman–Crippen MR) is 126 cm³/mol. The number of rotatable bonds is 7. The van der Waals surface area contributed by atoms with Crippen LogP contribution in [0.2, 0.25) is 10.0 Å². The second-order valence-corrected chi connectivity index (χ2v) is 10.2. The van der Waals surface area contributed by atoms with Crippen molar-refractivity contribution >= 4 is 50.9 Å². The van der Waals surface area contributed by atoms with E-state index >= 15 is 0 Å². The standard InChI is InChI=1S/C22H24Cl2N2O5S/c1-15(2)31-21-5-4-19(32(28,29)26-7-9-30-10-8-26)14-20(21)25-22(27)6-3-16-11-17(23)13-18(24)12-16/h3-6,11-15H,7-10H2,1-2H3,(H,25,27)/b6-3+. The first-order chi connectivity index (χ1) is 15.1. The van der Waals surface area contributed by atoms with Gasteiger partial charge in [0.25, 0.3) is 0 Å². The summed E-state index contributed by atoms with van der Waals surface area (Å²) in [5.74, 6) is -0.0934. The second kappa shape index (κ2) is 10.7. The van der Waals surface area contributed by atoms with Crippen LogP contribution in [0.25, 0.3) is 6.08 Å². The molecule has 32 heavy (non-hydrogen) atoms. The lowest BCUT2D eigenvalue weighted by atomic mass is 10.2. The van der Waals surface area contributed by atoms with Gasteiger partial charge in [-0.25, -0.2) is 8.42 Å². The van der Waals surface area contributed by atoms with E-state index in [-0.39, 0.29) is 29.8 Å². The van der Waals surface area contributed by atoms with E-state index in [4.69, 9.17) is 32.7 Å². The van der Waals surface area contributed by atoms with Crippen molar-refractivity contribution in [1.82, 2.24) is 4.31 Å². The van der Waals surface area contributed by atoms with Crippen LogP contribution in [-0.4, -0.2) is 51.0 Å². The minimum Gasteiger partial charge on any atom is -0.489 e. The van der Waals surface area contributed by atoms with Gasteiger partial charge in [-0.15, -0.1) is 0 Å². The van der Waals surface area contributed by atoms with Gasteiger partial charge in [0.05, 0.1) is 29.9 Å². The Kier molecular flexibility index (Phi) is 8.19. The number of benzene rings is 2. The lowest BCUT2D eigenvalue weighted by molar-refractivity contribution is -0.111. The number of amides is 1. The highest BCUT2D eigenvalue weighted by atomic mass is 35.5. The Labute approximate surface area is 198 Å². The van der Waals surface area contributed by atoms with Crippen LogP contribution in [0.5, 0.6) is 5.75 Å². The third-order valence-corrected chi connectivity index (χ3v) is 6.82. The molecular formula is C22H24Cl2N2O5S. The molecule has 3 rings (SSSR count). The van der Waals surface area contributed by atoms with Crippen molar-refractivity contribution in [3.63, 3.8) is 0 Å². The van der Waals surface area contributed by atoms with Gasteiger partial charge in [0.2, 0.25) is 15.9 Å². The molecule has 1 aliphatic heterocycles. The average molecular weight is 499 g/mol. The molecule has 2 aromatic carbocycles. The highest BCUT2D eigenvalue weighted by Crippen LogP contribution is 2.30. The van der Waals surface area contributed by atoms with Crippen molar-refractivity contribution in [2.75, 3.05) is 31.6 Å². The van der Waals surface area contributed by atoms with E-state index < -0.39 is 15.9 Å². The zero-order valence-electron chi connectivity index (χ0n) is 17.7. The maximum atomic E-state index is 13.0. The number of halogens is 2. The quantitative estimate of drug-likeness (QED) is 0.569. The first-order valence-electron chi connectivity index (χ1n) is 9.99. The normalized spacial score (nSPS) is 15.3. The number of sulfonamides is 1. The second-order valence-electron chi connectivity index (χ2n) is 7.37. The molecule has 0 spiro atoms. The van der Waals surface area contributed by atoms with Gasteiger partial charge in [0.15, 0.2) is 0 Å². The van der Waals surface area contributed by atoms with Crippen molar-refractivity contribution < 1.29 is 22.7 Å². The Morgan fingerprint density at radius 3 is 2.41 bits per heavy atom. The van der Waals surface area contributed by atoms with Gasteiger partial charge in [-0.1, -0.05) is 23.2 Å². The molecule has 1 saturated heterocycles. The van der Waals surface area contributed by atoms with Crippen LogP contribution in [0.1, 0.15) is 19.4 Å². The molecule has 0 aliphatic carbocycles. The Balaban J connectivity index is 1.86. The van der Waals surface area contributed by atoms with Crippen LogP contribution >= 0.6 is 23.2 Å². The summed E-state index contributed by atoms with van der Waals surface area (Å²) >= 11 is 12.0. The zero-order chi connectivity index (χ0) is 23.3. The van der Waals surface area contributed by atoms with E-state index in [2.05, 4.69) is 5.32 Å². The number of nitrogens with one attached hydrogen (secondary N) is 1. The molecule has 1 N–H and O–H groups in total. The molecule has 0 bridgehead atoms. The molecule has 0 atom stereocenters. The van der Waals surface area contributed by atoms with E-state index in [1.54, 1.807) is 30.3 Å². The van der Waals surface area contributed by atoms with Gasteiger partial charge in [-0.3, -0.25) is 4.79 Å². The molecule has 1 heterocycles. The number of carbonyl (C=O) groups excluding carboxylic acids is 1. The summed E-state index contributed by atoms with van der Waals surface area (Å²) in [5, 5.41) is 3.61. The summed E-state index contributed by atoms with van der Waals surface area (Å²) in [6, 6.07) is 9.35. The van der Waals surface area contributed by atoms with Crippen molar-refractivity contribution in [3.8, 4) is 5.75 Å². The molecule has 1 fully saturated rings. The molecule has 0 unspecified atom stereocenters. The van der Waals surface area contributed by atoms with E-state index in [0.29, 0.717) is 34.6 Å². The van der Waals surface area contributed by atoms with E-state index in [9.17, 15) is 13.2 Å². The number of nitrogens with zero attached hydrogens (tertiary/aromatic N) is 1. The smallest absolute Gasteiger partial charge is 0.248 e. The van der Waals surface area contributed by atoms with Crippen molar-refractivity contribution in [3.05, 3.63) is 58.1 Å². The summed E-state index contributed by atoms with van der Waals surface area (Å²) < 4.78 is 38.4. The van der Waals surface area contributed by atoms with Gasteiger partial charge in [-0.2, -0.15) is 4.31 Å². The average Bonchev–Trinajstić information content (AvgIpc) is 2.73. The molecule has 172 valence electrons. The Morgan fingerprint density at radius 2 is 1.78 bits per heavy atom. The molecular weight excluding hydrogens is 475 g/mol. The summed E-state index contributed by atoms with van der Waals surface area (Å²) in [5.41, 5.74) is 0.909. The first kappa shape index (κ1) is 24.5. The van der Waals surface area contributed by atoms with Crippen LogP contribution in [0.15, 0.2) is 47.4 Å². The van der Waals surface area contributed by atoms with Gasteiger partial charge in [0.1, 0.15) is 5.75 Å². The van der Waals surface area contributed by atoms with E-state index in [1.807, 2.05) is 13.8 Å². The molecule has 7 nitrogen and oxygen atoms in total. The number of carbonyl (C=O) groups is 1. The van der Waals surface area contributed by atoms with E-state index in [0.717, 1.165) is 0 Å². The SMILES string of the molecule is CC(C)Oc1ccc(S(=O)(=O)N2CCOCC2)cc1NC(=O)/C=C/c1cc(Cl)cc(Cl)c1. The van der Waals surface area contributed by atoms with Gasteiger partial charge in [-0.05, 0) is 61.9 Å². The Hall–Kier alpha value is -2.10. The van der Waals surface area contributed by atoms with Crippen LogP contribution < -0.4 is 10.1 Å². The fourth-order valence-electron chi connectivity index (χ4n) is 3.08. The minimum atomic E-state index is -3.73. The predicted octanol–water partition coefficient (Wildman–Crippen LogP) is 4.45. The number of anilines is 1. The lowest BCUT2D eigenvalue weighted by Gasteiger charge is -2.26. The highest BCUT2D eigenvalue weighted by molar-refractivity contribution is 7.89. The maximum absolute atomic E-state index is 13.0. The zero-order valence-corrected chi connectivity index (χ0v) is 20.0. The third-order valence-electron chi connectivity index (χ3n) is 4.49. The van der Waals surface area contributed by atoms with Crippen LogP contribution in [0, 0.1) is 0 Å². The number of hydrogen-bond donors (Lipinski definition) is 1. The number of morpholine rings is 1. The van der Waals surface area contributed by atoms with Crippen LogP contribution in [0.3, 0.4) is 0 Å². The molecule has 1 amide bonds. The molecule has 10 heteroatoms. The molecule has 2 aromatic rings. The Bertz CT molecular complexity index is 1090. The summed E-state index contributed by atoms with van der Waals surface area (Å²) in [4.78, 5) is 12.6. The Morgan fingerprint density at radius 1 is 1.12 bits per heavy atom. The highest BCUT2D eigenvalue weighted by Gasteiger charge is 2.27. The van der Waals surface area contributed by atoms with Gasteiger partial charge in [0, 0.05) is 29.2 Å². The first-order valence-corrected chi connectivity index (χ1v) is 12.2. The van der Waals surface area contributed by atoms with Crippen molar-refractivity contribution in [1.29, 1.82) is 0 Å². The van der Waals surface area contributed by atoms with Gasteiger partial charge < -0.3 is 14.8 Å². The van der Waals surface area contributed by atoms with Crippen LogP contribution in [0.4, 0.5) is 5.69 Å². The summed E-state index contributed by atoms with van der Waals surface area (Å²) in [6.07, 6.45) is 2.70. The maximum Gasteiger partial charge on any atom is 0.248 e. The number of ether oxygens (including phenoxy) is 2.